The zero-order valence-corrected chi connectivity index (χ0v) is 10.0. The summed E-state index contributed by atoms with van der Waals surface area (Å²) in [4.78, 5) is 13.3. The van der Waals surface area contributed by atoms with Crippen LogP contribution < -0.4 is 11.5 Å². The van der Waals surface area contributed by atoms with E-state index in [0.29, 0.717) is 13.2 Å². The Balaban J connectivity index is 2.28. The Labute approximate surface area is 97.1 Å². The number of primary amides is 1. The first-order valence-corrected chi connectivity index (χ1v) is 6.00. The second-order valence-corrected chi connectivity index (χ2v) is 4.29. The van der Waals surface area contributed by atoms with Gasteiger partial charge < -0.3 is 21.1 Å². The highest BCUT2D eigenvalue weighted by Crippen LogP contribution is 2.16. The molecule has 16 heavy (non-hydrogen) atoms. The highest BCUT2D eigenvalue weighted by molar-refractivity contribution is 5.76. The molecule has 94 valence electrons. The van der Waals surface area contributed by atoms with E-state index < -0.39 is 0 Å². The minimum absolute atomic E-state index is 0.0553. The molecule has 5 heteroatoms. The average Bonchev–Trinajstić information content (AvgIpc) is 2.29. The number of hydrogen-bond donors (Lipinski definition) is 2. The number of nitrogens with zero attached hydrogens (tertiary/aromatic N) is 1. The molecular formula is C11H23N3O2. The summed E-state index contributed by atoms with van der Waals surface area (Å²) >= 11 is 0. The molecule has 1 aliphatic rings. The molecule has 0 saturated carbocycles. The number of piperidine rings is 1. The number of ether oxygens (including phenoxy) is 1. The topological polar surface area (TPSA) is 81.6 Å². The SMILES string of the molecule is CCOC(CN)CN1CCC(C(N)=O)CC1. The van der Waals surface area contributed by atoms with Crippen molar-refractivity contribution in [2.75, 3.05) is 32.8 Å². The third-order valence-electron chi connectivity index (χ3n) is 3.12. The van der Waals surface area contributed by atoms with Crippen molar-refractivity contribution in [1.82, 2.24) is 4.90 Å². The van der Waals surface area contributed by atoms with Crippen molar-refractivity contribution in [3.63, 3.8) is 0 Å². The van der Waals surface area contributed by atoms with Crippen molar-refractivity contribution in [3.8, 4) is 0 Å². The second kappa shape index (κ2) is 6.83. The molecule has 1 rings (SSSR count). The van der Waals surface area contributed by atoms with Crippen LogP contribution in [-0.2, 0) is 9.53 Å². The Morgan fingerprint density at radius 2 is 2.12 bits per heavy atom. The summed E-state index contributed by atoms with van der Waals surface area (Å²) in [7, 11) is 0. The van der Waals surface area contributed by atoms with Gasteiger partial charge in [-0.1, -0.05) is 0 Å². The van der Waals surface area contributed by atoms with E-state index in [9.17, 15) is 4.79 Å². The van der Waals surface area contributed by atoms with Gasteiger partial charge >= 0.3 is 0 Å². The standard InChI is InChI=1S/C11H23N3O2/c1-2-16-10(7-12)8-14-5-3-9(4-6-14)11(13)15/h9-10H,2-8,12H2,1H3,(H2,13,15). The Morgan fingerprint density at radius 3 is 2.56 bits per heavy atom. The molecule has 0 bridgehead atoms. The van der Waals surface area contributed by atoms with Gasteiger partial charge in [-0.05, 0) is 32.9 Å². The molecule has 0 radical (unpaired) electrons. The molecule has 1 heterocycles. The molecule has 0 aromatic heterocycles. The molecule has 5 nitrogen and oxygen atoms in total. The van der Waals surface area contributed by atoms with Crippen molar-refractivity contribution in [3.05, 3.63) is 0 Å². The van der Waals surface area contributed by atoms with E-state index in [1.807, 2.05) is 6.92 Å². The lowest BCUT2D eigenvalue weighted by atomic mass is 9.96. The molecule has 1 unspecified atom stereocenters. The minimum atomic E-state index is -0.167. The summed E-state index contributed by atoms with van der Waals surface area (Å²) in [5.74, 6) is -0.112. The third kappa shape index (κ3) is 4.08. The monoisotopic (exact) mass is 229 g/mol. The highest BCUT2D eigenvalue weighted by atomic mass is 16.5. The van der Waals surface area contributed by atoms with E-state index in [4.69, 9.17) is 16.2 Å². The van der Waals surface area contributed by atoms with Crippen LogP contribution in [0.4, 0.5) is 0 Å². The number of amides is 1. The first-order valence-electron chi connectivity index (χ1n) is 6.00. The molecule has 0 aromatic carbocycles. The zero-order valence-electron chi connectivity index (χ0n) is 10.0. The number of hydrogen-bond acceptors (Lipinski definition) is 4. The van der Waals surface area contributed by atoms with Gasteiger partial charge in [0.2, 0.25) is 5.91 Å². The Hall–Kier alpha value is -0.650. The predicted molar refractivity (Wildman–Crippen MR) is 62.8 cm³/mol. The fraction of sp³-hybridized carbons (Fsp3) is 0.909. The van der Waals surface area contributed by atoms with E-state index >= 15 is 0 Å². The van der Waals surface area contributed by atoms with E-state index in [-0.39, 0.29) is 17.9 Å². The summed E-state index contributed by atoms with van der Waals surface area (Å²) in [6.45, 7) is 5.90. The molecule has 1 aliphatic heterocycles. The van der Waals surface area contributed by atoms with Crippen LogP contribution in [-0.4, -0.2) is 49.7 Å². The van der Waals surface area contributed by atoms with Crippen molar-refractivity contribution in [2.24, 2.45) is 17.4 Å². The van der Waals surface area contributed by atoms with Crippen LogP contribution in [0.2, 0.25) is 0 Å². The minimum Gasteiger partial charge on any atom is -0.376 e. The van der Waals surface area contributed by atoms with E-state index in [1.165, 1.54) is 0 Å². The van der Waals surface area contributed by atoms with Gasteiger partial charge in [-0.25, -0.2) is 0 Å². The Bertz CT molecular complexity index is 215. The van der Waals surface area contributed by atoms with Gasteiger partial charge in [0.25, 0.3) is 0 Å². The smallest absolute Gasteiger partial charge is 0.220 e. The van der Waals surface area contributed by atoms with Crippen LogP contribution in [0, 0.1) is 5.92 Å². The van der Waals surface area contributed by atoms with Gasteiger partial charge in [0, 0.05) is 25.6 Å². The maximum atomic E-state index is 11.0. The molecule has 0 spiro atoms. The van der Waals surface area contributed by atoms with Crippen LogP contribution >= 0.6 is 0 Å². The van der Waals surface area contributed by atoms with E-state index in [2.05, 4.69) is 4.90 Å². The third-order valence-corrected chi connectivity index (χ3v) is 3.12. The maximum absolute atomic E-state index is 11.0. The maximum Gasteiger partial charge on any atom is 0.220 e. The van der Waals surface area contributed by atoms with Crippen LogP contribution in [0.5, 0.6) is 0 Å². The van der Waals surface area contributed by atoms with Crippen LogP contribution in [0.15, 0.2) is 0 Å². The molecule has 0 aromatic rings. The lowest BCUT2D eigenvalue weighted by molar-refractivity contribution is -0.123. The van der Waals surface area contributed by atoms with Crippen LogP contribution in [0.25, 0.3) is 0 Å². The number of likely N-dealkylation sites (tertiary alicyclic amines) is 1. The van der Waals surface area contributed by atoms with Gasteiger partial charge in [0.1, 0.15) is 0 Å². The van der Waals surface area contributed by atoms with Gasteiger partial charge in [-0.15, -0.1) is 0 Å². The summed E-state index contributed by atoms with van der Waals surface area (Å²) < 4.78 is 5.51. The zero-order chi connectivity index (χ0) is 12.0. The van der Waals surface area contributed by atoms with Gasteiger partial charge in [0.05, 0.1) is 6.10 Å². The Morgan fingerprint density at radius 1 is 1.50 bits per heavy atom. The van der Waals surface area contributed by atoms with Crippen molar-refractivity contribution in [1.29, 1.82) is 0 Å². The van der Waals surface area contributed by atoms with E-state index in [1.54, 1.807) is 0 Å². The van der Waals surface area contributed by atoms with Gasteiger partial charge in [-0.2, -0.15) is 0 Å². The molecule has 4 N–H and O–H groups in total. The number of carbonyl (C=O) groups excluding carboxylic acids is 1. The number of carbonyl (C=O) groups is 1. The van der Waals surface area contributed by atoms with Gasteiger partial charge in [-0.3, -0.25) is 4.79 Å². The molecule has 1 fully saturated rings. The molecule has 1 amide bonds. The predicted octanol–water partition coefficient (Wildman–Crippen LogP) is -0.452. The lowest BCUT2D eigenvalue weighted by Gasteiger charge is -2.32. The lowest BCUT2D eigenvalue weighted by Crippen LogP contribution is -2.44. The fourth-order valence-electron chi connectivity index (χ4n) is 2.12. The fourth-order valence-corrected chi connectivity index (χ4v) is 2.12. The largest absolute Gasteiger partial charge is 0.376 e. The van der Waals surface area contributed by atoms with Crippen molar-refractivity contribution in [2.45, 2.75) is 25.9 Å². The van der Waals surface area contributed by atoms with Crippen LogP contribution in [0.1, 0.15) is 19.8 Å². The van der Waals surface area contributed by atoms with Gasteiger partial charge in [0.15, 0.2) is 0 Å². The first kappa shape index (κ1) is 13.4. The molecular weight excluding hydrogens is 206 g/mol. The first-order chi connectivity index (χ1) is 7.67. The average molecular weight is 229 g/mol. The molecule has 0 aliphatic carbocycles. The van der Waals surface area contributed by atoms with Crippen LogP contribution in [0.3, 0.4) is 0 Å². The molecule has 1 atom stereocenters. The van der Waals surface area contributed by atoms with Crippen molar-refractivity contribution < 1.29 is 9.53 Å². The summed E-state index contributed by atoms with van der Waals surface area (Å²) in [6.07, 6.45) is 1.83. The quantitative estimate of drug-likeness (QED) is 0.646. The number of rotatable bonds is 6. The van der Waals surface area contributed by atoms with E-state index in [0.717, 1.165) is 32.5 Å². The summed E-state index contributed by atoms with van der Waals surface area (Å²) in [6, 6.07) is 0. The summed E-state index contributed by atoms with van der Waals surface area (Å²) in [5.41, 5.74) is 10.9. The summed E-state index contributed by atoms with van der Waals surface area (Å²) in [5, 5.41) is 0. The Kier molecular flexibility index (Phi) is 5.73. The highest BCUT2D eigenvalue weighted by Gasteiger charge is 2.24. The van der Waals surface area contributed by atoms with Crippen molar-refractivity contribution >= 4 is 5.91 Å². The number of nitrogens with two attached hydrogens (primary N) is 2. The molecule has 1 saturated heterocycles. The second-order valence-electron chi connectivity index (χ2n) is 4.29. The normalized spacial score (nSPS) is 20.9.